The molecule has 3 aromatic carbocycles. The van der Waals surface area contributed by atoms with Crippen LogP contribution in [0.1, 0.15) is 12.5 Å². The van der Waals surface area contributed by atoms with Crippen molar-refractivity contribution in [1.29, 1.82) is 0 Å². The lowest BCUT2D eigenvalue weighted by Crippen LogP contribution is -2.66. The molecule has 27 heteroatoms. The molecule has 0 spiro atoms. The Morgan fingerprint density at radius 2 is 1.38 bits per heavy atom. The summed E-state index contributed by atoms with van der Waals surface area (Å²) < 4.78 is 63.3. The van der Waals surface area contributed by atoms with Crippen molar-refractivity contribution >= 4 is 23.0 Å². The van der Waals surface area contributed by atoms with E-state index >= 15 is 0 Å². The number of phenols is 4. The van der Waals surface area contributed by atoms with Gasteiger partial charge in [0.05, 0.1) is 26.4 Å². The molecule has 4 fully saturated rings. The highest BCUT2D eigenvalue weighted by Crippen LogP contribution is 2.40. The zero-order chi connectivity index (χ0) is 53.4. The molecule has 0 amide bonds. The number of ether oxygens (including phenoxy) is 10. The molecule has 0 saturated carbocycles. The van der Waals surface area contributed by atoms with Gasteiger partial charge in [-0.25, -0.2) is 4.79 Å². The van der Waals surface area contributed by atoms with Gasteiger partial charge in [-0.2, -0.15) is 0 Å². The Labute approximate surface area is 416 Å². The largest absolute Gasteiger partial charge is 0.508 e. The molecular weight excluding hydrogens is 996 g/mol. The Kier molecular flexibility index (Phi) is 16.6. The molecule has 14 N–H and O–H groups in total. The smallest absolute Gasteiger partial charge is 0.331 e. The predicted octanol–water partition coefficient (Wildman–Crippen LogP) is -3.17. The number of aliphatic hydroxyl groups excluding tert-OH is 10. The minimum atomic E-state index is -2.23. The summed E-state index contributed by atoms with van der Waals surface area (Å²) in [5, 5.41) is 149. The number of aromatic hydroxyl groups is 4. The fourth-order valence-electron chi connectivity index (χ4n) is 8.47. The molecule has 5 heterocycles. The average Bonchev–Trinajstić information content (AvgIpc) is 3.36. The van der Waals surface area contributed by atoms with E-state index in [1.807, 2.05) is 0 Å². The van der Waals surface area contributed by atoms with Crippen LogP contribution in [0.3, 0.4) is 0 Å². The molecule has 8 rings (SSSR count). The molecule has 0 unspecified atom stereocenters. The Bertz CT molecular complexity index is 2680. The highest BCUT2D eigenvalue weighted by Gasteiger charge is 2.55. The normalized spacial score (nSPS) is 35.6. The first-order chi connectivity index (χ1) is 35.1. The van der Waals surface area contributed by atoms with Gasteiger partial charge in [-0.05, 0) is 55.0 Å². The average molecular weight is 1050 g/mol. The third-order valence-corrected chi connectivity index (χ3v) is 12.6. The number of phenolic OH excluding ortho intramolecular Hbond substituents is 4. The lowest BCUT2D eigenvalue weighted by atomic mass is 9.97. The molecule has 27 nitrogen and oxygen atoms in total. The lowest BCUT2D eigenvalue weighted by molar-refractivity contribution is -0.381. The highest BCUT2D eigenvalue weighted by molar-refractivity contribution is 5.88. The summed E-state index contributed by atoms with van der Waals surface area (Å²) >= 11 is 0. The summed E-state index contributed by atoms with van der Waals surface area (Å²) in [6.45, 7) is -0.0360. The molecule has 1 aromatic heterocycles. The Morgan fingerprint density at radius 1 is 0.676 bits per heavy atom. The van der Waals surface area contributed by atoms with Crippen molar-refractivity contribution in [2.24, 2.45) is 0 Å². The van der Waals surface area contributed by atoms with Crippen LogP contribution in [0.15, 0.2) is 69.9 Å². The van der Waals surface area contributed by atoms with Crippen molar-refractivity contribution in [1.82, 2.24) is 0 Å². The van der Waals surface area contributed by atoms with Crippen molar-refractivity contribution in [2.45, 2.75) is 124 Å². The van der Waals surface area contributed by atoms with Gasteiger partial charge in [0.15, 0.2) is 54.6 Å². The lowest BCUT2D eigenvalue weighted by Gasteiger charge is -2.47. The second kappa shape index (κ2) is 22.6. The molecule has 4 saturated heterocycles. The maximum absolute atomic E-state index is 14.6. The van der Waals surface area contributed by atoms with Crippen LogP contribution in [0, 0.1) is 0 Å². The van der Waals surface area contributed by atoms with Crippen molar-refractivity contribution in [3.05, 3.63) is 76.5 Å². The SMILES string of the molecule is COc1cc(/C=C/C(=O)O[C@H]2[C@@H](O)[C@@H](CO[C@@H]3O[C@@H](C)[C@H](O)[C@@H](O[C@@H]4OC[C@@H](O)[C@H](O)[C@H]4O)[C@H]3O)O[C@@H](Oc3c(-c4ccc(O)cc4)oc4cc(O)cc(O)c4c3=O)[C@@H]2O[C@@H]2O[C@@H](O)[C@H](O)[C@@H](O)[C@H]2O)ccc1O. The maximum Gasteiger partial charge on any atom is 0.331 e. The number of carbonyl (C=O) groups is 1. The Balaban J connectivity index is 1.19. The molecule has 404 valence electrons. The monoisotopic (exact) mass is 1050 g/mol. The number of hydrogen-bond donors (Lipinski definition) is 14. The van der Waals surface area contributed by atoms with Crippen molar-refractivity contribution in [2.75, 3.05) is 20.3 Å². The van der Waals surface area contributed by atoms with Gasteiger partial charge >= 0.3 is 5.97 Å². The van der Waals surface area contributed by atoms with Crippen molar-refractivity contribution in [3.63, 3.8) is 0 Å². The first-order valence-corrected chi connectivity index (χ1v) is 22.7. The number of benzene rings is 3. The topological polar surface area (TPSA) is 423 Å². The summed E-state index contributed by atoms with van der Waals surface area (Å²) in [5.74, 6) is -4.27. The van der Waals surface area contributed by atoms with Crippen LogP contribution in [-0.2, 0) is 42.7 Å². The zero-order valence-corrected chi connectivity index (χ0v) is 38.8. The van der Waals surface area contributed by atoms with Crippen molar-refractivity contribution in [3.8, 4) is 45.8 Å². The first kappa shape index (κ1) is 54.5. The third-order valence-electron chi connectivity index (χ3n) is 12.6. The third kappa shape index (κ3) is 11.2. The number of esters is 1. The van der Waals surface area contributed by atoms with E-state index in [-0.39, 0.29) is 34.0 Å². The fraction of sp³-hybridized carbons (Fsp3) is 0.489. The predicted molar refractivity (Wildman–Crippen MR) is 240 cm³/mol. The van der Waals surface area contributed by atoms with Gasteiger partial charge in [0.2, 0.25) is 17.5 Å². The van der Waals surface area contributed by atoms with Crippen LogP contribution in [0.4, 0.5) is 0 Å². The van der Waals surface area contributed by atoms with Crippen molar-refractivity contribution < 1.29 is 128 Å². The van der Waals surface area contributed by atoms with Gasteiger partial charge in [-0.3, -0.25) is 4.79 Å². The standard InChI is InChI=1S/C47H54O27/c1-16-29(54)39(71-44-35(60)30(55)23(52)14-65-44)37(62)45(67-16)66-15-26-31(56)40(70-27(53)10-4-17-3-9-21(50)24(11-17)64-2)42(73-46-36(61)33(58)34(59)43(63)74-46)47(69-26)72-41-32(57)28-22(51)12-20(49)13-25(28)68-38(41)18-5-7-19(48)8-6-18/h3-13,16,23,26,29-31,33-37,39-40,42-52,54-56,58-63H,14-15H2,1-2H3/b10-4+/t16-,23+,26+,29-,30-,31-,33+,34+,35+,36+,37+,39+,40-,42+,43+,44-,45+,46+,47-/m0/s1. The highest BCUT2D eigenvalue weighted by atomic mass is 16.8. The molecule has 19 atom stereocenters. The van der Waals surface area contributed by atoms with Gasteiger partial charge in [-0.1, -0.05) is 6.07 Å². The molecule has 4 aliphatic rings. The molecule has 0 bridgehead atoms. The Hall–Kier alpha value is -5.80. The quantitative estimate of drug-likeness (QED) is 0.0438. The van der Waals surface area contributed by atoms with E-state index in [4.69, 9.17) is 51.8 Å². The van der Waals surface area contributed by atoms with Gasteiger partial charge in [0.25, 0.3) is 0 Å². The molecule has 0 aliphatic carbocycles. The van der Waals surface area contributed by atoms with E-state index in [0.717, 1.165) is 18.2 Å². The maximum atomic E-state index is 14.6. The van der Waals surface area contributed by atoms with Crippen LogP contribution in [0.5, 0.6) is 34.5 Å². The minimum Gasteiger partial charge on any atom is -0.508 e. The van der Waals surface area contributed by atoms with Crippen LogP contribution in [-0.4, -0.2) is 215 Å². The zero-order valence-electron chi connectivity index (χ0n) is 38.8. The number of rotatable bonds is 14. The van der Waals surface area contributed by atoms with Gasteiger partial charge < -0.3 is 123 Å². The minimum absolute atomic E-state index is 0.0198. The molecule has 0 radical (unpaired) electrons. The summed E-state index contributed by atoms with van der Waals surface area (Å²) in [6, 6.07) is 10.8. The molecule has 74 heavy (non-hydrogen) atoms. The summed E-state index contributed by atoms with van der Waals surface area (Å²) in [6.07, 6.45) is -34.3. The van der Waals surface area contributed by atoms with Crippen LogP contribution in [0.25, 0.3) is 28.4 Å². The van der Waals surface area contributed by atoms with Gasteiger partial charge in [0, 0.05) is 23.8 Å². The number of methoxy groups -OCH3 is 1. The van der Waals surface area contributed by atoms with E-state index < -0.39 is 170 Å². The van der Waals surface area contributed by atoms with Crippen LogP contribution in [0.2, 0.25) is 0 Å². The Morgan fingerprint density at radius 3 is 2.09 bits per heavy atom. The second-order valence-electron chi connectivity index (χ2n) is 17.6. The van der Waals surface area contributed by atoms with E-state index in [2.05, 4.69) is 0 Å². The van der Waals surface area contributed by atoms with E-state index in [1.165, 1.54) is 62.6 Å². The van der Waals surface area contributed by atoms with E-state index in [1.54, 1.807) is 0 Å². The van der Waals surface area contributed by atoms with E-state index in [0.29, 0.717) is 0 Å². The fourth-order valence-corrected chi connectivity index (χ4v) is 8.47. The van der Waals surface area contributed by atoms with E-state index in [9.17, 15) is 81.1 Å². The molecular formula is C47H54O27. The molecule has 4 aliphatic heterocycles. The first-order valence-electron chi connectivity index (χ1n) is 22.7. The number of hydrogen-bond acceptors (Lipinski definition) is 27. The van der Waals surface area contributed by atoms with Gasteiger partial charge in [0.1, 0.15) is 95.4 Å². The van der Waals surface area contributed by atoms with Crippen LogP contribution >= 0.6 is 0 Å². The van der Waals surface area contributed by atoms with Gasteiger partial charge in [-0.15, -0.1) is 0 Å². The number of carbonyl (C=O) groups excluding carboxylic acids is 1. The number of aliphatic hydroxyl groups is 10. The molecule has 4 aromatic rings. The summed E-state index contributed by atoms with van der Waals surface area (Å²) in [4.78, 5) is 28.4. The van der Waals surface area contributed by atoms with Crippen LogP contribution < -0.4 is 14.9 Å². The second-order valence-corrected chi connectivity index (χ2v) is 17.6. The number of fused-ring (bicyclic) bond motifs is 1. The summed E-state index contributed by atoms with van der Waals surface area (Å²) in [5.41, 5.74) is -1.22. The summed E-state index contributed by atoms with van der Waals surface area (Å²) in [7, 11) is 1.28.